The monoisotopic (exact) mass is 386 g/mol. The highest BCUT2D eigenvalue weighted by atomic mass is 35.5. The second-order valence-corrected chi connectivity index (χ2v) is 7.36. The Labute approximate surface area is 158 Å². The molecule has 132 valence electrons. The molecule has 0 spiro atoms. The second-order valence-electron chi connectivity index (χ2n) is 5.92. The number of halogens is 1. The lowest BCUT2D eigenvalue weighted by atomic mass is 10.2. The summed E-state index contributed by atoms with van der Waals surface area (Å²) in [5, 5.41) is 6.16. The molecule has 1 aliphatic heterocycles. The molecule has 0 bridgehead atoms. The molecule has 2 heterocycles. The molecule has 6 nitrogen and oxygen atoms in total. The third kappa shape index (κ3) is 3.40. The molecule has 26 heavy (non-hydrogen) atoms. The van der Waals surface area contributed by atoms with Crippen LogP contribution >= 0.6 is 23.4 Å². The van der Waals surface area contributed by atoms with E-state index < -0.39 is 6.04 Å². The van der Waals surface area contributed by atoms with Gasteiger partial charge in [0.05, 0.1) is 21.8 Å². The fourth-order valence-electron chi connectivity index (χ4n) is 2.79. The van der Waals surface area contributed by atoms with E-state index in [1.807, 2.05) is 36.4 Å². The van der Waals surface area contributed by atoms with Crippen LogP contribution in [0.15, 0.2) is 42.5 Å². The number of H-pyrrole nitrogens is 1. The minimum atomic E-state index is -0.516. The number of fused-ring (bicyclic) bond motifs is 1. The first-order chi connectivity index (χ1) is 12.6. The molecule has 0 unspecified atom stereocenters. The number of nitrogens with zero attached hydrogens (tertiary/aromatic N) is 1. The third-order valence-corrected chi connectivity index (χ3v) is 5.41. The van der Waals surface area contributed by atoms with Crippen molar-refractivity contribution >= 4 is 51.9 Å². The summed E-state index contributed by atoms with van der Waals surface area (Å²) in [5.41, 5.74) is 3.03. The molecular weight excluding hydrogens is 372 g/mol. The number of hydrogen-bond acceptors (Lipinski definition) is 4. The average molecular weight is 387 g/mol. The highest BCUT2D eigenvalue weighted by Crippen LogP contribution is 2.28. The zero-order valence-corrected chi connectivity index (χ0v) is 15.2. The molecule has 1 aliphatic rings. The van der Waals surface area contributed by atoms with Crippen molar-refractivity contribution < 1.29 is 9.59 Å². The van der Waals surface area contributed by atoms with Crippen LogP contribution in [0, 0.1) is 0 Å². The minimum Gasteiger partial charge on any atom is -0.343 e. The summed E-state index contributed by atoms with van der Waals surface area (Å²) in [5.74, 6) is 1.30. The van der Waals surface area contributed by atoms with Crippen molar-refractivity contribution in [1.82, 2.24) is 15.3 Å². The van der Waals surface area contributed by atoms with Crippen LogP contribution in [0.1, 0.15) is 0 Å². The maximum absolute atomic E-state index is 12.3. The van der Waals surface area contributed by atoms with E-state index in [2.05, 4.69) is 20.6 Å². The first-order valence-electron chi connectivity index (χ1n) is 8.03. The van der Waals surface area contributed by atoms with E-state index in [9.17, 15) is 9.59 Å². The van der Waals surface area contributed by atoms with E-state index in [0.717, 1.165) is 16.6 Å². The number of anilines is 1. The molecule has 2 aromatic carbocycles. The summed E-state index contributed by atoms with van der Waals surface area (Å²) < 4.78 is 0. The molecule has 0 saturated carbocycles. The highest BCUT2D eigenvalue weighted by Gasteiger charge is 2.25. The van der Waals surface area contributed by atoms with Crippen molar-refractivity contribution in [2.75, 3.05) is 16.8 Å². The molecule has 8 heteroatoms. The summed E-state index contributed by atoms with van der Waals surface area (Å²) in [4.78, 5) is 31.6. The van der Waals surface area contributed by atoms with Crippen LogP contribution in [0.3, 0.4) is 0 Å². The average Bonchev–Trinajstić information content (AvgIpc) is 3.05. The first-order valence-corrected chi connectivity index (χ1v) is 9.56. The van der Waals surface area contributed by atoms with E-state index in [1.165, 1.54) is 11.8 Å². The van der Waals surface area contributed by atoms with Gasteiger partial charge in [0.15, 0.2) is 0 Å². The molecule has 3 N–H and O–H groups in total. The number of hydrogen-bond donors (Lipinski definition) is 3. The summed E-state index contributed by atoms with van der Waals surface area (Å²) >= 11 is 7.68. The number of rotatable bonds is 3. The van der Waals surface area contributed by atoms with Crippen molar-refractivity contribution in [3.8, 4) is 11.4 Å². The fraction of sp³-hybridized carbons (Fsp3) is 0.167. The zero-order valence-electron chi connectivity index (χ0n) is 13.6. The quantitative estimate of drug-likeness (QED) is 0.645. The van der Waals surface area contributed by atoms with Gasteiger partial charge in [-0.15, -0.1) is 11.8 Å². The largest absolute Gasteiger partial charge is 0.343 e. The number of benzene rings is 2. The van der Waals surface area contributed by atoms with Gasteiger partial charge in [-0.2, -0.15) is 0 Å². The van der Waals surface area contributed by atoms with Gasteiger partial charge >= 0.3 is 0 Å². The lowest BCUT2D eigenvalue weighted by Crippen LogP contribution is -2.49. The van der Waals surface area contributed by atoms with E-state index in [-0.39, 0.29) is 11.8 Å². The van der Waals surface area contributed by atoms with Gasteiger partial charge in [-0.3, -0.25) is 9.59 Å². The SMILES string of the molecule is O=C1CSC[C@@H](C(=O)Nc2ccc3nc(-c4ccccc4Cl)[nH]c3c2)N1. The predicted molar refractivity (Wildman–Crippen MR) is 104 cm³/mol. The molecule has 1 aromatic heterocycles. The van der Waals surface area contributed by atoms with Crippen LogP contribution in [-0.4, -0.2) is 39.3 Å². The van der Waals surface area contributed by atoms with E-state index in [4.69, 9.17) is 11.6 Å². The first kappa shape index (κ1) is 16.9. The van der Waals surface area contributed by atoms with Crippen LogP contribution in [-0.2, 0) is 9.59 Å². The molecule has 2 amide bonds. The van der Waals surface area contributed by atoms with E-state index in [1.54, 1.807) is 6.07 Å². The molecule has 0 radical (unpaired) electrons. The predicted octanol–water partition coefficient (Wildman–Crippen LogP) is 3.05. The minimum absolute atomic E-state index is 0.116. The van der Waals surface area contributed by atoms with Gasteiger partial charge < -0.3 is 15.6 Å². The van der Waals surface area contributed by atoms with Gasteiger partial charge in [-0.05, 0) is 30.3 Å². The summed E-state index contributed by atoms with van der Waals surface area (Å²) in [6.07, 6.45) is 0. The van der Waals surface area contributed by atoms with Crippen LogP contribution in [0.25, 0.3) is 22.4 Å². The van der Waals surface area contributed by atoms with Crippen molar-refractivity contribution in [2.45, 2.75) is 6.04 Å². The Kier molecular flexibility index (Phi) is 4.57. The Balaban J connectivity index is 1.57. The number of carbonyl (C=O) groups excluding carboxylic acids is 2. The van der Waals surface area contributed by atoms with E-state index >= 15 is 0 Å². The number of aromatic amines is 1. The van der Waals surface area contributed by atoms with Crippen molar-refractivity contribution in [1.29, 1.82) is 0 Å². The summed E-state index contributed by atoms with van der Waals surface area (Å²) in [6, 6.07) is 12.4. The smallest absolute Gasteiger partial charge is 0.247 e. The van der Waals surface area contributed by atoms with Gasteiger partial charge in [-0.1, -0.05) is 23.7 Å². The number of amides is 2. The van der Waals surface area contributed by atoms with Crippen molar-refractivity contribution in [2.24, 2.45) is 0 Å². The van der Waals surface area contributed by atoms with Crippen molar-refractivity contribution in [3.05, 3.63) is 47.5 Å². The second kappa shape index (κ2) is 7.01. The lowest BCUT2D eigenvalue weighted by Gasteiger charge is -2.22. The Morgan fingerprint density at radius 2 is 2.12 bits per heavy atom. The molecular formula is C18H15ClN4O2S. The Morgan fingerprint density at radius 1 is 1.27 bits per heavy atom. The zero-order chi connectivity index (χ0) is 18.1. The number of nitrogens with one attached hydrogen (secondary N) is 3. The normalized spacial score (nSPS) is 17.1. The van der Waals surface area contributed by atoms with Crippen LogP contribution in [0.5, 0.6) is 0 Å². The van der Waals surface area contributed by atoms with Gasteiger partial charge in [0.25, 0.3) is 0 Å². The highest BCUT2D eigenvalue weighted by molar-refractivity contribution is 8.00. The van der Waals surface area contributed by atoms with Crippen LogP contribution < -0.4 is 10.6 Å². The summed E-state index contributed by atoms with van der Waals surface area (Å²) in [6.45, 7) is 0. The van der Waals surface area contributed by atoms with Crippen LogP contribution in [0.2, 0.25) is 5.02 Å². The van der Waals surface area contributed by atoms with Crippen molar-refractivity contribution in [3.63, 3.8) is 0 Å². The number of carbonyl (C=O) groups is 2. The Bertz CT molecular complexity index is 1000. The maximum Gasteiger partial charge on any atom is 0.247 e. The standard InChI is InChI=1S/C18H15ClN4O2S/c19-12-4-2-1-3-11(12)17-22-13-6-5-10(7-14(13)23-17)20-18(25)15-8-26-9-16(24)21-15/h1-7,15H,8-9H2,(H,20,25)(H,21,24)(H,22,23)/t15-/m0/s1. The molecule has 1 atom stereocenters. The Morgan fingerprint density at radius 3 is 2.92 bits per heavy atom. The molecule has 1 saturated heterocycles. The van der Waals surface area contributed by atoms with Gasteiger partial charge in [0.1, 0.15) is 11.9 Å². The molecule has 0 aliphatic carbocycles. The molecule has 3 aromatic rings. The lowest BCUT2D eigenvalue weighted by molar-refractivity contribution is -0.124. The number of imidazole rings is 1. The third-order valence-electron chi connectivity index (χ3n) is 4.05. The Hall–Kier alpha value is -2.51. The van der Waals surface area contributed by atoms with Gasteiger partial charge in [0, 0.05) is 17.0 Å². The van der Waals surface area contributed by atoms with Gasteiger partial charge in [0.2, 0.25) is 11.8 Å². The number of thioether (sulfide) groups is 1. The van der Waals surface area contributed by atoms with E-state index in [0.29, 0.717) is 28.0 Å². The topological polar surface area (TPSA) is 86.9 Å². The molecule has 1 fully saturated rings. The van der Waals surface area contributed by atoms with Crippen LogP contribution in [0.4, 0.5) is 5.69 Å². The molecule has 4 rings (SSSR count). The number of aromatic nitrogens is 2. The fourth-order valence-corrected chi connectivity index (χ4v) is 3.87. The summed E-state index contributed by atoms with van der Waals surface area (Å²) in [7, 11) is 0. The van der Waals surface area contributed by atoms with Gasteiger partial charge in [-0.25, -0.2) is 4.98 Å². The maximum atomic E-state index is 12.3.